The van der Waals surface area contributed by atoms with E-state index in [0.29, 0.717) is 30.3 Å². The quantitative estimate of drug-likeness (QED) is 0.263. The zero-order valence-corrected chi connectivity index (χ0v) is 21.0. The third-order valence-electron chi connectivity index (χ3n) is 7.12. The molecule has 1 aromatic rings. The lowest BCUT2D eigenvalue weighted by molar-refractivity contribution is -0.253. The van der Waals surface area contributed by atoms with Gasteiger partial charge >= 0.3 is 11.7 Å². The molecule has 0 aromatic heterocycles. The number of amides is 1. The minimum Gasteiger partial charge on any atom is -0.347 e. The Morgan fingerprint density at radius 1 is 0.971 bits per heavy atom. The highest BCUT2D eigenvalue weighted by atomic mass is 32.2. The molecular formula is C21H25F6N3O2S3. The number of nitrogens with zero attached hydrogens (tertiary/aromatic N) is 1. The molecule has 0 atom stereocenters. The summed E-state index contributed by atoms with van der Waals surface area (Å²) in [4.78, 5) is 13.1. The lowest BCUT2D eigenvalue weighted by Gasteiger charge is -2.54. The van der Waals surface area contributed by atoms with Gasteiger partial charge < -0.3 is 10.0 Å². The first-order valence-corrected chi connectivity index (χ1v) is 14.2. The number of hydrogen-bond donors (Lipinski definition) is 2. The first-order chi connectivity index (χ1) is 16.3. The summed E-state index contributed by atoms with van der Waals surface area (Å²) < 4.78 is 96.0. The first-order valence-electron chi connectivity index (χ1n) is 11.1. The van der Waals surface area contributed by atoms with Crippen LogP contribution >= 0.6 is 23.9 Å². The molecule has 35 heavy (non-hydrogen) atoms. The van der Waals surface area contributed by atoms with Crippen molar-refractivity contribution in [3.05, 3.63) is 23.8 Å². The maximum absolute atomic E-state index is 13.6. The van der Waals surface area contributed by atoms with E-state index in [9.17, 15) is 35.3 Å². The molecule has 1 aromatic carbocycles. The van der Waals surface area contributed by atoms with Gasteiger partial charge in [-0.2, -0.15) is 26.3 Å². The molecular weight excluding hydrogens is 536 g/mol. The van der Waals surface area contributed by atoms with Crippen molar-refractivity contribution in [3.63, 3.8) is 0 Å². The lowest BCUT2D eigenvalue weighted by atomic mass is 9.57. The van der Waals surface area contributed by atoms with Crippen LogP contribution in [0, 0.1) is 5.41 Å². The predicted octanol–water partition coefficient (Wildman–Crippen LogP) is 5.72. The van der Waals surface area contributed by atoms with E-state index in [4.69, 9.17) is 0 Å². The number of carbonyl (C=O) groups is 1. The number of anilines is 1. The van der Waals surface area contributed by atoms with Crippen molar-refractivity contribution in [2.24, 2.45) is 5.41 Å². The van der Waals surface area contributed by atoms with Crippen molar-refractivity contribution in [1.82, 2.24) is 9.62 Å². The van der Waals surface area contributed by atoms with E-state index in [1.807, 2.05) is 4.31 Å². The van der Waals surface area contributed by atoms with Gasteiger partial charge in [0.15, 0.2) is 0 Å². The Hall–Kier alpha value is -1.12. The van der Waals surface area contributed by atoms with Gasteiger partial charge in [-0.3, -0.25) is 9.00 Å². The summed E-state index contributed by atoms with van der Waals surface area (Å²) in [6.07, 6.45) is -3.97. The predicted molar refractivity (Wildman–Crippen MR) is 125 cm³/mol. The van der Waals surface area contributed by atoms with Crippen LogP contribution in [0.4, 0.5) is 32.0 Å². The zero-order valence-electron chi connectivity index (χ0n) is 18.6. The Balaban J connectivity index is 1.50. The second-order valence-electron chi connectivity index (χ2n) is 9.24. The van der Waals surface area contributed by atoms with Crippen LogP contribution in [0.5, 0.6) is 0 Å². The van der Waals surface area contributed by atoms with E-state index in [1.165, 1.54) is 24.3 Å². The fourth-order valence-corrected chi connectivity index (χ4v) is 7.56. The highest BCUT2D eigenvalue weighted by Gasteiger charge is 2.61. The van der Waals surface area contributed by atoms with Gasteiger partial charge in [-0.25, -0.2) is 4.31 Å². The number of hydrogen-bond acceptors (Lipinski definition) is 6. The normalized spacial score (nSPS) is 28.2. The number of benzene rings is 1. The molecule has 14 heteroatoms. The van der Waals surface area contributed by atoms with Crippen molar-refractivity contribution < 1.29 is 35.3 Å². The molecule has 1 saturated heterocycles. The van der Waals surface area contributed by atoms with E-state index in [2.05, 4.69) is 10.0 Å². The van der Waals surface area contributed by atoms with E-state index in [1.54, 1.807) is 0 Å². The largest absolute Gasteiger partial charge is 0.446 e. The SMILES string of the molecule is O=C(NC12CCC(C(F)(F)F)(CC1)CC2)c1cc(SC(F)(F)F)ccc1NSN1CCS(=O)CC1. The standard InChI is InChI=1S/C21H25F6N3O2S3/c22-20(23,24)18-3-6-19(7-4-18,8-5-18)28-17(31)15-13-14(33-21(25,26)27)1-2-16(15)29-34-30-9-11-35(32)12-10-30/h1-2,13,29H,3-12H2,(H,28,31). The van der Waals surface area contributed by atoms with Crippen molar-refractivity contribution in [2.75, 3.05) is 29.3 Å². The summed E-state index contributed by atoms with van der Waals surface area (Å²) in [6.45, 7) is 1.11. The Morgan fingerprint density at radius 2 is 1.57 bits per heavy atom. The minimum absolute atomic E-state index is 0.0000533. The van der Waals surface area contributed by atoms with Crippen LogP contribution in [-0.4, -0.2) is 56.2 Å². The molecule has 1 heterocycles. The molecule has 5 nitrogen and oxygen atoms in total. The number of fused-ring (bicyclic) bond motifs is 3. The molecule has 0 unspecified atom stereocenters. The molecule has 196 valence electrons. The first kappa shape index (κ1) is 26.9. The molecule has 2 N–H and O–H groups in total. The molecule has 0 radical (unpaired) electrons. The van der Waals surface area contributed by atoms with Gasteiger partial charge in [-0.1, -0.05) is 0 Å². The number of rotatable bonds is 6. The van der Waals surface area contributed by atoms with Crippen LogP contribution in [0.2, 0.25) is 0 Å². The second-order valence-corrected chi connectivity index (χ2v) is 13.0. The molecule has 5 rings (SSSR count). The van der Waals surface area contributed by atoms with Crippen LogP contribution in [0.3, 0.4) is 0 Å². The van der Waals surface area contributed by atoms with Gasteiger partial charge in [0.25, 0.3) is 5.91 Å². The maximum Gasteiger partial charge on any atom is 0.446 e. The van der Waals surface area contributed by atoms with Crippen LogP contribution in [0.15, 0.2) is 23.1 Å². The summed E-state index contributed by atoms with van der Waals surface area (Å²) in [5.41, 5.74) is -6.73. The lowest BCUT2D eigenvalue weighted by Crippen LogP contribution is -2.59. The van der Waals surface area contributed by atoms with Gasteiger partial charge in [0.2, 0.25) is 0 Å². The van der Waals surface area contributed by atoms with Crippen molar-refractivity contribution in [3.8, 4) is 0 Å². The summed E-state index contributed by atoms with van der Waals surface area (Å²) in [7, 11) is -0.875. The molecule has 2 bridgehead atoms. The molecule has 3 saturated carbocycles. The molecule has 1 amide bonds. The molecule has 3 aliphatic carbocycles. The average molecular weight is 562 g/mol. The van der Waals surface area contributed by atoms with E-state index in [-0.39, 0.29) is 60.7 Å². The topological polar surface area (TPSA) is 61.4 Å². The van der Waals surface area contributed by atoms with Crippen LogP contribution in [0.25, 0.3) is 0 Å². The Labute approximate surface area is 210 Å². The molecule has 1 aliphatic heterocycles. The molecule has 0 spiro atoms. The van der Waals surface area contributed by atoms with Gasteiger partial charge in [0, 0.05) is 58.0 Å². The molecule has 4 aliphatic rings. The van der Waals surface area contributed by atoms with Gasteiger partial charge in [0.1, 0.15) is 0 Å². The summed E-state index contributed by atoms with van der Waals surface area (Å²) in [5, 5.41) is 2.88. The van der Waals surface area contributed by atoms with Crippen LogP contribution < -0.4 is 10.0 Å². The molecule has 4 fully saturated rings. The summed E-state index contributed by atoms with van der Waals surface area (Å²) in [5.74, 6) is 0.398. The van der Waals surface area contributed by atoms with Crippen molar-refractivity contribution in [2.45, 2.75) is 60.6 Å². The maximum atomic E-state index is 13.6. The fourth-order valence-electron chi connectivity index (χ4n) is 4.93. The third-order valence-corrected chi connectivity index (χ3v) is 10.0. The van der Waals surface area contributed by atoms with Crippen LogP contribution in [0.1, 0.15) is 48.9 Å². The number of carbonyl (C=O) groups excluding carboxylic acids is 1. The Kier molecular flexibility index (Phi) is 7.67. The fraction of sp³-hybridized carbons (Fsp3) is 0.667. The summed E-state index contributed by atoms with van der Waals surface area (Å²) >= 11 is 0.843. The number of alkyl halides is 6. The zero-order chi connectivity index (χ0) is 25.5. The van der Waals surface area contributed by atoms with Gasteiger partial charge in [-0.05, 0) is 68.5 Å². The summed E-state index contributed by atoms with van der Waals surface area (Å²) in [6, 6.07) is 3.82. The van der Waals surface area contributed by atoms with Gasteiger partial charge in [-0.15, -0.1) is 0 Å². The van der Waals surface area contributed by atoms with Crippen molar-refractivity contribution in [1.29, 1.82) is 0 Å². The Morgan fingerprint density at radius 3 is 2.11 bits per heavy atom. The van der Waals surface area contributed by atoms with E-state index >= 15 is 0 Å². The highest BCUT2D eigenvalue weighted by Crippen LogP contribution is 2.59. The van der Waals surface area contributed by atoms with E-state index in [0.717, 1.165) is 6.07 Å². The number of thioether (sulfide) groups is 1. The monoisotopic (exact) mass is 561 g/mol. The van der Waals surface area contributed by atoms with Crippen molar-refractivity contribution >= 4 is 46.3 Å². The second kappa shape index (κ2) is 9.97. The average Bonchev–Trinajstić information content (AvgIpc) is 2.78. The Bertz CT molecular complexity index is 954. The number of halogens is 6. The highest BCUT2D eigenvalue weighted by molar-refractivity contribution is 8.00. The smallest absolute Gasteiger partial charge is 0.347 e. The number of nitrogens with one attached hydrogen (secondary N) is 2. The van der Waals surface area contributed by atoms with Crippen LogP contribution in [-0.2, 0) is 10.8 Å². The minimum atomic E-state index is -4.53. The third kappa shape index (κ3) is 6.24. The van der Waals surface area contributed by atoms with Gasteiger partial charge in [0.05, 0.1) is 16.7 Å². The van der Waals surface area contributed by atoms with E-state index < -0.39 is 39.3 Å².